The molecule has 15 heavy (non-hydrogen) atoms. The summed E-state index contributed by atoms with van der Waals surface area (Å²) < 4.78 is 1.84. The molecule has 4 heteroatoms. The second-order valence-corrected chi connectivity index (χ2v) is 5.14. The summed E-state index contributed by atoms with van der Waals surface area (Å²) in [5.74, 6) is 2.46. The molecule has 0 aliphatic rings. The van der Waals surface area contributed by atoms with Crippen molar-refractivity contribution in [3.05, 3.63) is 18.0 Å². The Labute approximate surface area is 96.6 Å². The molecule has 0 fully saturated rings. The minimum absolute atomic E-state index is 0.575. The Balaban J connectivity index is 2.13. The molecule has 1 N–H and O–H groups in total. The quantitative estimate of drug-likeness (QED) is 0.723. The van der Waals surface area contributed by atoms with Gasteiger partial charge in [0.15, 0.2) is 0 Å². The fraction of sp³-hybridized carbons (Fsp3) is 0.727. The third kappa shape index (κ3) is 5.23. The maximum atomic E-state index is 4.33. The minimum atomic E-state index is 0.575. The van der Waals surface area contributed by atoms with Crippen LogP contribution in [0.3, 0.4) is 0 Å². The molecule has 0 aromatic carbocycles. The molecular weight excluding hydrogens is 206 g/mol. The number of rotatable bonds is 7. The molecule has 86 valence electrons. The standard InChI is InChI=1S/C11H21N3S/c1-4-15-8-6-10(2)12-9-11-5-7-14(3)13-11/h5,7,10,12H,4,6,8-9H2,1-3H3. The van der Waals surface area contributed by atoms with Crippen LogP contribution in [0.2, 0.25) is 0 Å². The first-order valence-electron chi connectivity index (χ1n) is 5.52. The van der Waals surface area contributed by atoms with Crippen LogP contribution in [0.25, 0.3) is 0 Å². The van der Waals surface area contributed by atoms with Crippen molar-refractivity contribution in [2.75, 3.05) is 11.5 Å². The average molecular weight is 227 g/mol. The highest BCUT2D eigenvalue weighted by Gasteiger charge is 2.02. The first-order valence-corrected chi connectivity index (χ1v) is 6.67. The predicted octanol–water partition coefficient (Wildman–Crippen LogP) is 2.04. The molecule has 1 aromatic heterocycles. The molecule has 0 saturated heterocycles. The summed E-state index contributed by atoms with van der Waals surface area (Å²) in [5.41, 5.74) is 1.12. The monoisotopic (exact) mass is 227 g/mol. The second-order valence-electron chi connectivity index (χ2n) is 3.75. The van der Waals surface area contributed by atoms with Gasteiger partial charge < -0.3 is 5.32 Å². The molecule has 0 aliphatic heterocycles. The number of nitrogens with zero attached hydrogens (tertiary/aromatic N) is 2. The summed E-state index contributed by atoms with van der Waals surface area (Å²) in [5, 5.41) is 7.81. The van der Waals surface area contributed by atoms with Gasteiger partial charge in [-0.3, -0.25) is 4.68 Å². The molecule has 0 saturated carbocycles. The summed E-state index contributed by atoms with van der Waals surface area (Å²) in [7, 11) is 1.95. The van der Waals surface area contributed by atoms with Gasteiger partial charge in [-0.15, -0.1) is 0 Å². The topological polar surface area (TPSA) is 29.9 Å². The summed E-state index contributed by atoms with van der Waals surface area (Å²) in [6.07, 6.45) is 3.21. The lowest BCUT2D eigenvalue weighted by Gasteiger charge is -2.11. The zero-order valence-corrected chi connectivity index (χ0v) is 10.7. The minimum Gasteiger partial charge on any atom is -0.309 e. The van der Waals surface area contributed by atoms with Crippen LogP contribution in [0.5, 0.6) is 0 Å². The van der Waals surface area contributed by atoms with E-state index in [-0.39, 0.29) is 0 Å². The van der Waals surface area contributed by atoms with Crippen LogP contribution in [0.4, 0.5) is 0 Å². The van der Waals surface area contributed by atoms with E-state index < -0.39 is 0 Å². The van der Waals surface area contributed by atoms with Gasteiger partial charge in [0.05, 0.1) is 5.69 Å². The van der Waals surface area contributed by atoms with Crippen LogP contribution in [-0.2, 0) is 13.6 Å². The zero-order valence-electron chi connectivity index (χ0n) is 9.86. The van der Waals surface area contributed by atoms with Gasteiger partial charge in [-0.25, -0.2) is 0 Å². The Morgan fingerprint density at radius 1 is 1.60 bits per heavy atom. The van der Waals surface area contributed by atoms with E-state index in [1.807, 2.05) is 29.7 Å². The van der Waals surface area contributed by atoms with Crippen molar-refractivity contribution in [1.29, 1.82) is 0 Å². The van der Waals surface area contributed by atoms with Gasteiger partial charge in [0.2, 0.25) is 0 Å². The highest BCUT2D eigenvalue weighted by Crippen LogP contribution is 2.04. The largest absolute Gasteiger partial charge is 0.309 e. The maximum absolute atomic E-state index is 4.33. The average Bonchev–Trinajstić information content (AvgIpc) is 2.62. The lowest BCUT2D eigenvalue weighted by Crippen LogP contribution is -2.26. The summed E-state index contributed by atoms with van der Waals surface area (Å²) in [4.78, 5) is 0. The Morgan fingerprint density at radius 2 is 2.40 bits per heavy atom. The van der Waals surface area contributed by atoms with Gasteiger partial charge in [-0.2, -0.15) is 16.9 Å². The number of thioether (sulfide) groups is 1. The predicted molar refractivity (Wildman–Crippen MR) is 67.1 cm³/mol. The van der Waals surface area contributed by atoms with Crippen LogP contribution in [0.15, 0.2) is 12.3 Å². The molecular formula is C11H21N3S. The normalized spacial score (nSPS) is 13.0. The fourth-order valence-corrected chi connectivity index (χ4v) is 2.15. The lowest BCUT2D eigenvalue weighted by molar-refractivity contribution is 0.528. The molecule has 3 nitrogen and oxygen atoms in total. The van der Waals surface area contributed by atoms with Crippen LogP contribution >= 0.6 is 11.8 Å². The molecule has 0 radical (unpaired) electrons. The molecule has 0 spiro atoms. The van der Waals surface area contributed by atoms with E-state index in [0.29, 0.717) is 6.04 Å². The van der Waals surface area contributed by atoms with E-state index in [1.165, 1.54) is 17.9 Å². The van der Waals surface area contributed by atoms with Crippen molar-refractivity contribution in [3.8, 4) is 0 Å². The number of aryl methyl sites for hydroxylation is 1. The maximum Gasteiger partial charge on any atom is 0.0762 e. The van der Waals surface area contributed by atoms with E-state index in [0.717, 1.165) is 12.2 Å². The van der Waals surface area contributed by atoms with Gasteiger partial charge in [-0.05, 0) is 30.9 Å². The second kappa shape index (κ2) is 6.90. The Morgan fingerprint density at radius 3 is 3.00 bits per heavy atom. The van der Waals surface area contributed by atoms with Crippen molar-refractivity contribution in [2.45, 2.75) is 32.9 Å². The van der Waals surface area contributed by atoms with E-state index >= 15 is 0 Å². The molecule has 0 bridgehead atoms. The fourth-order valence-electron chi connectivity index (χ4n) is 1.34. The van der Waals surface area contributed by atoms with Crippen molar-refractivity contribution in [1.82, 2.24) is 15.1 Å². The van der Waals surface area contributed by atoms with Gasteiger partial charge >= 0.3 is 0 Å². The summed E-state index contributed by atoms with van der Waals surface area (Å²) >= 11 is 2.00. The molecule has 1 rings (SSSR count). The van der Waals surface area contributed by atoms with Gasteiger partial charge in [0.1, 0.15) is 0 Å². The first-order chi connectivity index (χ1) is 7.22. The molecule has 1 atom stereocenters. The van der Waals surface area contributed by atoms with Crippen molar-refractivity contribution in [3.63, 3.8) is 0 Å². The molecule has 1 heterocycles. The number of aromatic nitrogens is 2. The summed E-state index contributed by atoms with van der Waals surface area (Å²) in [6.45, 7) is 5.31. The third-order valence-electron chi connectivity index (χ3n) is 2.30. The molecule has 1 aromatic rings. The smallest absolute Gasteiger partial charge is 0.0762 e. The molecule has 0 amide bonds. The van der Waals surface area contributed by atoms with Crippen molar-refractivity contribution < 1.29 is 0 Å². The van der Waals surface area contributed by atoms with Crippen LogP contribution < -0.4 is 5.32 Å². The van der Waals surface area contributed by atoms with Crippen molar-refractivity contribution in [2.24, 2.45) is 7.05 Å². The Kier molecular flexibility index (Phi) is 5.79. The SMILES string of the molecule is CCSCCC(C)NCc1ccn(C)n1. The van der Waals surface area contributed by atoms with E-state index in [2.05, 4.69) is 30.3 Å². The van der Waals surface area contributed by atoms with Crippen LogP contribution in [-0.4, -0.2) is 27.3 Å². The molecule has 0 aliphatic carbocycles. The van der Waals surface area contributed by atoms with E-state index in [1.54, 1.807) is 0 Å². The van der Waals surface area contributed by atoms with Gasteiger partial charge in [-0.1, -0.05) is 6.92 Å². The first kappa shape index (κ1) is 12.6. The lowest BCUT2D eigenvalue weighted by atomic mass is 10.2. The van der Waals surface area contributed by atoms with E-state index in [4.69, 9.17) is 0 Å². The van der Waals surface area contributed by atoms with Gasteiger partial charge in [0.25, 0.3) is 0 Å². The number of nitrogens with one attached hydrogen (secondary N) is 1. The van der Waals surface area contributed by atoms with Crippen LogP contribution in [0.1, 0.15) is 26.0 Å². The summed E-state index contributed by atoms with van der Waals surface area (Å²) in [6, 6.07) is 2.63. The van der Waals surface area contributed by atoms with E-state index in [9.17, 15) is 0 Å². The number of hydrogen-bond donors (Lipinski definition) is 1. The van der Waals surface area contributed by atoms with Gasteiger partial charge in [0, 0.05) is 25.8 Å². The highest BCUT2D eigenvalue weighted by atomic mass is 32.2. The Bertz CT molecular complexity index is 273. The van der Waals surface area contributed by atoms with Crippen LogP contribution in [0, 0.1) is 0 Å². The molecule has 1 unspecified atom stereocenters. The van der Waals surface area contributed by atoms with Crippen molar-refractivity contribution >= 4 is 11.8 Å². The Hall–Kier alpha value is -0.480. The zero-order chi connectivity index (χ0) is 11.1. The third-order valence-corrected chi connectivity index (χ3v) is 3.23. The highest BCUT2D eigenvalue weighted by molar-refractivity contribution is 7.99. The number of hydrogen-bond acceptors (Lipinski definition) is 3.